The zero-order valence-electron chi connectivity index (χ0n) is 32.8. The van der Waals surface area contributed by atoms with Crippen molar-refractivity contribution in [1.82, 2.24) is 46.1 Å². The molecule has 0 unspecified atom stereocenters. The molecule has 4 rings (SSSR count). The number of aryl methyl sites for hydroxylation is 2. The number of hydrogen-bond acceptors (Lipinski definition) is 16. The number of carbonyl (C=O) groups excluding carboxylic acids is 2. The molecular formula is C38H54ClN13O7. The molecule has 2 aromatic carbocycles. The maximum atomic E-state index is 13.3. The van der Waals surface area contributed by atoms with Gasteiger partial charge in [0.15, 0.2) is 34.3 Å². The Balaban J connectivity index is 1.16. The first-order valence-corrected chi connectivity index (χ1v) is 19.6. The number of hydrogen-bond donors (Lipinski definition) is 11. The lowest BCUT2D eigenvalue weighted by Gasteiger charge is -2.26. The molecule has 14 N–H and O–H groups in total. The van der Waals surface area contributed by atoms with Crippen molar-refractivity contribution in [3.8, 4) is 11.1 Å². The number of guanidine groups is 1. The third-order valence-corrected chi connectivity index (χ3v) is 9.94. The standard InChI is InChI=1S/C38H54ClN13O7/c1-52(26(36-48-50-51-49-36)7-3-4-18-43-20-27(54)31(57)32(58)28(55)21-53)29(56)17-12-23-10-15-25(16-11-23)24-13-8-22(9-14-24)6-2-5-19-44-38(42)47-37(59)30-34(40)46-35(41)33(39)45-30/h8-11,13-16,26-28,31-32,43,53-55,57-58H,2-7,12,17-21H2,1H3,(H4,40,41,46)(H3,42,44,47,59)(H,48,49,50,51)/t26-,27+,28-,31-,32-/m1/s1. The number of anilines is 2. The number of nitrogens with zero attached hydrogens (tertiary/aromatic N) is 7. The highest BCUT2D eigenvalue weighted by molar-refractivity contribution is 6.31. The minimum Gasteiger partial charge on any atom is -0.394 e. The van der Waals surface area contributed by atoms with Gasteiger partial charge in [-0.25, -0.2) is 9.97 Å². The van der Waals surface area contributed by atoms with Crippen molar-refractivity contribution in [3.63, 3.8) is 0 Å². The van der Waals surface area contributed by atoms with Crippen LogP contribution in [-0.2, 0) is 17.6 Å². The molecule has 320 valence electrons. The number of nitrogen functional groups attached to an aromatic ring is 2. The summed E-state index contributed by atoms with van der Waals surface area (Å²) in [6.45, 7) is 0.121. The average molecular weight is 840 g/mol. The predicted molar refractivity (Wildman–Crippen MR) is 220 cm³/mol. The second-order valence-electron chi connectivity index (χ2n) is 14.0. The number of benzene rings is 2. The molecule has 4 aromatic rings. The molecule has 0 aliphatic rings. The van der Waals surface area contributed by atoms with E-state index in [4.69, 9.17) is 33.9 Å². The van der Waals surface area contributed by atoms with Crippen LogP contribution in [-0.4, -0.2) is 137 Å². The number of unbranched alkanes of at least 4 members (excludes halogenated alkanes) is 2. The van der Waals surface area contributed by atoms with E-state index in [-0.39, 0.29) is 47.3 Å². The van der Waals surface area contributed by atoms with Gasteiger partial charge in [0, 0.05) is 26.6 Å². The van der Waals surface area contributed by atoms with Crippen LogP contribution in [0, 0.1) is 0 Å². The first-order chi connectivity index (χ1) is 28.3. The topological polar surface area (TPSA) is 333 Å². The summed E-state index contributed by atoms with van der Waals surface area (Å²) in [4.78, 5) is 39.2. The Bertz CT molecular complexity index is 1940. The highest BCUT2D eigenvalue weighted by atomic mass is 35.5. The van der Waals surface area contributed by atoms with Gasteiger partial charge in [0.2, 0.25) is 5.91 Å². The normalized spacial score (nSPS) is 14.3. The van der Waals surface area contributed by atoms with Gasteiger partial charge in [-0.2, -0.15) is 5.21 Å². The van der Waals surface area contributed by atoms with Crippen LogP contribution in [0.4, 0.5) is 11.6 Å². The van der Waals surface area contributed by atoms with Crippen LogP contribution in [0.3, 0.4) is 0 Å². The van der Waals surface area contributed by atoms with Gasteiger partial charge in [0.05, 0.1) is 18.8 Å². The van der Waals surface area contributed by atoms with E-state index < -0.39 is 43.0 Å². The van der Waals surface area contributed by atoms with E-state index in [0.717, 1.165) is 36.0 Å². The fourth-order valence-electron chi connectivity index (χ4n) is 6.12. The second-order valence-corrected chi connectivity index (χ2v) is 14.4. The van der Waals surface area contributed by atoms with E-state index >= 15 is 0 Å². The second kappa shape index (κ2) is 23.3. The van der Waals surface area contributed by atoms with E-state index in [1.165, 1.54) is 5.56 Å². The van der Waals surface area contributed by atoms with Crippen LogP contribution in [0.2, 0.25) is 5.15 Å². The summed E-state index contributed by atoms with van der Waals surface area (Å²) in [5.74, 6) is -0.672. The summed E-state index contributed by atoms with van der Waals surface area (Å²) in [5.41, 5.74) is 21.2. The van der Waals surface area contributed by atoms with Crippen molar-refractivity contribution < 1.29 is 35.1 Å². The van der Waals surface area contributed by atoms with E-state index in [0.29, 0.717) is 44.6 Å². The predicted octanol–water partition coefficient (Wildman–Crippen LogP) is -0.130. The molecule has 0 spiro atoms. The van der Waals surface area contributed by atoms with Gasteiger partial charge in [0.25, 0.3) is 5.91 Å². The number of aliphatic hydroxyl groups excluding tert-OH is 5. The SMILES string of the molecule is CN(C(=O)CCc1ccc(-c2ccc(CCCCN=C(N)NC(=O)c3nc(Cl)c(N)nc3N)cc2)cc1)[C@H](CCCCNC[C@H](O)[C@@H](O)[C@H](O)[C@H](O)CO)c1nn[nH]n1. The van der Waals surface area contributed by atoms with Crippen LogP contribution in [0.1, 0.15) is 72.0 Å². The van der Waals surface area contributed by atoms with E-state index in [9.17, 15) is 30.0 Å². The smallest absolute Gasteiger partial charge is 0.280 e. The van der Waals surface area contributed by atoms with Crippen molar-refractivity contribution in [2.45, 2.75) is 81.8 Å². The number of tetrazole rings is 1. The Labute approximate surface area is 346 Å². The van der Waals surface area contributed by atoms with E-state index in [1.807, 2.05) is 24.3 Å². The number of aromatic amines is 1. The number of aliphatic imine (C=N–C) groups is 1. The zero-order valence-corrected chi connectivity index (χ0v) is 33.5. The molecule has 0 radical (unpaired) electrons. The summed E-state index contributed by atoms with van der Waals surface area (Å²) in [6.07, 6.45) is -1.02. The van der Waals surface area contributed by atoms with Gasteiger partial charge >= 0.3 is 0 Å². The van der Waals surface area contributed by atoms with E-state index in [1.54, 1.807) is 11.9 Å². The van der Waals surface area contributed by atoms with Gasteiger partial charge in [-0.05, 0) is 73.7 Å². The zero-order chi connectivity index (χ0) is 42.9. The molecule has 2 amide bonds. The Morgan fingerprint density at radius 3 is 2.15 bits per heavy atom. The molecule has 59 heavy (non-hydrogen) atoms. The Kier molecular flexibility index (Phi) is 18.3. The summed E-state index contributed by atoms with van der Waals surface area (Å²) in [7, 11) is 1.72. The summed E-state index contributed by atoms with van der Waals surface area (Å²) >= 11 is 5.84. The fourth-order valence-corrected chi connectivity index (χ4v) is 6.25. The minimum absolute atomic E-state index is 0.0311. The third kappa shape index (κ3) is 14.2. The summed E-state index contributed by atoms with van der Waals surface area (Å²) < 4.78 is 0. The van der Waals surface area contributed by atoms with Crippen LogP contribution in [0.25, 0.3) is 11.1 Å². The maximum Gasteiger partial charge on any atom is 0.280 e. The van der Waals surface area contributed by atoms with Crippen molar-refractivity contribution in [2.75, 3.05) is 44.8 Å². The molecular weight excluding hydrogens is 786 g/mol. The molecule has 0 saturated heterocycles. The highest BCUT2D eigenvalue weighted by Crippen LogP contribution is 2.25. The lowest BCUT2D eigenvalue weighted by atomic mass is 9.99. The van der Waals surface area contributed by atoms with Crippen molar-refractivity contribution >= 4 is 41.0 Å². The molecule has 0 aliphatic heterocycles. The van der Waals surface area contributed by atoms with E-state index in [2.05, 4.69) is 70.5 Å². The number of H-pyrrole nitrogens is 1. The third-order valence-electron chi connectivity index (χ3n) is 9.67. The minimum atomic E-state index is -1.68. The first kappa shape index (κ1) is 46.3. The van der Waals surface area contributed by atoms with Crippen molar-refractivity contribution in [2.24, 2.45) is 10.7 Å². The van der Waals surface area contributed by atoms with Crippen LogP contribution in [0.15, 0.2) is 53.5 Å². The van der Waals surface area contributed by atoms with Gasteiger partial charge in [-0.1, -0.05) is 65.3 Å². The number of rotatable bonds is 23. The highest BCUT2D eigenvalue weighted by Gasteiger charge is 2.30. The van der Waals surface area contributed by atoms with Crippen molar-refractivity contribution in [3.05, 3.63) is 76.3 Å². The monoisotopic (exact) mass is 839 g/mol. The maximum absolute atomic E-state index is 13.3. The van der Waals surface area contributed by atoms with Crippen LogP contribution >= 0.6 is 11.6 Å². The van der Waals surface area contributed by atoms with Gasteiger partial charge in [-0.15, -0.1) is 10.2 Å². The number of halogens is 1. The number of nitrogens with two attached hydrogens (primary N) is 3. The summed E-state index contributed by atoms with van der Waals surface area (Å²) in [5, 5.41) is 67.9. The van der Waals surface area contributed by atoms with Crippen molar-refractivity contribution in [1.29, 1.82) is 0 Å². The van der Waals surface area contributed by atoms with Gasteiger partial charge < -0.3 is 53.0 Å². The summed E-state index contributed by atoms with van der Waals surface area (Å²) in [6, 6.07) is 16.1. The molecule has 5 atom stereocenters. The lowest BCUT2D eigenvalue weighted by molar-refractivity contribution is -0.132. The molecule has 2 aromatic heterocycles. The Hall–Kier alpha value is -5.35. The Morgan fingerprint density at radius 1 is 0.881 bits per heavy atom. The number of nitrogens with one attached hydrogen (secondary N) is 3. The van der Waals surface area contributed by atoms with Crippen LogP contribution in [0.5, 0.6) is 0 Å². The fraction of sp³-hybridized carbons (Fsp3) is 0.474. The molecule has 0 aliphatic carbocycles. The molecule has 0 fully saturated rings. The lowest BCUT2D eigenvalue weighted by Crippen LogP contribution is -2.49. The van der Waals surface area contributed by atoms with Gasteiger partial charge in [0.1, 0.15) is 18.3 Å². The number of aromatic nitrogens is 6. The quantitative estimate of drug-likeness (QED) is 0.0263. The van der Waals surface area contributed by atoms with Crippen LogP contribution < -0.4 is 27.8 Å². The molecule has 0 bridgehead atoms. The number of aliphatic hydroxyl groups is 5. The molecule has 20 nitrogen and oxygen atoms in total. The first-order valence-electron chi connectivity index (χ1n) is 19.2. The Morgan fingerprint density at radius 2 is 1.53 bits per heavy atom. The molecule has 21 heteroatoms. The number of carbonyl (C=O) groups is 2. The molecule has 0 saturated carbocycles. The number of amides is 2. The molecule has 2 heterocycles. The largest absolute Gasteiger partial charge is 0.394 e. The van der Waals surface area contributed by atoms with Gasteiger partial charge in [-0.3, -0.25) is 19.9 Å². The average Bonchev–Trinajstić information content (AvgIpc) is 3.77.